The molecule has 0 aliphatic carbocycles. The molecule has 92 valence electrons. The molecule has 3 atom stereocenters. The Morgan fingerprint density at radius 1 is 1.44 bits per heavy atom. The second kappa shape index (κ2) is 5.15. The van der Waals surface area contributed by atoms with Gasteiger partial charge in [0, 0.05) is 13.1 Å². The number of carbonyl (C=O) groups excluding carboxylic acids is 1. The van der Waals surface area contributed by atoms with E-state index in [1.54, 1.807) is 0 Å². The maximum absolute atomic E-state index is 12.1. The van der Waals surface area contributed by atoms with E-state index in [9.17, 15) is 4.79 Å². The summed E-state index contributed by atoms with van der Waals surface area (Å²) in [5.41, 5.74) is 5.91. The summed E-state index contributed by atoms with van der Waals surface area (Å²) in [4.78, 5) is 14.0. The van der Waals surface area contributed by atoms with Crippen molar-refractivity contribution in [2.24, 2.45) is 5.73 Å². The van der Waals surface area contributed by atoms with Crippen LogP contribution in [0.3, 0.4) is 0 Å². The van der Waals surface area contributed by atoms with Crippen molar-refractivity contribution in [2.75, 3.05) is 13.1 Å². The van der Waals surface area contributed by atoms with Crippen molar-refractivity contribution in [3.8, 4) is 0 Å². The smallest absolute Gasteiger partial charge is 0.239 e. The van der Waals surface area contributed by atoms with E-state index in [-0.39, 0.29) is 24.2 Å². The molecule has 2 unspecified atom stereocenters. The molecule has 16 heavy (non-hydrogen) atoms. The maximum atomic E-state index is 12.1. The zero-order valence-electron chi connectivity index (χ0n) is 10.0. The van der Waals surface area contributed by atoms with E-state index in [0.29, 0.717) is 0 Å². The highest BCUT2D eigenvalue weighted by Gasteiger charge is 2.36. The average molecular weight is 226 g/mol. The minimum Gasteiger partial charge on any atom is -0.371 e. The number of morpholine rings is 1. The molecule has 4 nitrogen and oxygen atoms in total. The molecule has 0 aromatic heterocycles. The molecular weight excluding hydrogens is 204 g/mol. The van der Waals surface area contributed by atoms with Gasteiger partial charge in [0.05, 0.1) is 18.2 Å². The first kappa shape index (κ1) is 11.9. The van der Waals surface area contributed by atoms with Gasteiger partial charge in [-0.05, 0) is 19.3 Å². The monoisotopic (exact) mass is 226 g/mol. The Morgan fingerprint density at radius 3 is 2.62 bits per heavy atom. The van der Waals surface area contributed by atoms with Gasteiger partial charge in [0.2, 0.25) is 5.91 Å². The van der Waals surface area contributed by atoms with Gasteiger partial charge in [-0.3, -0.25) is 4.79 Å². The van der Waals surface area contributed by atoms with Crippen molar-refractivity contribution < 1.29 is 9.53 Å². The number of nitrogens with zero attached hydrogens (tertiary/aromatic N) is 1. The Hall–Kier alpha value is -0.610. The van der Waals surface area contributed by atoms with Crippen molar-refractivity contribution in [3.63, 3.8) is 0 Å². The lowest BCUT2D eigenvalue weighted by atomic mass is 10.1. The number of likely N-dealkylation sites (tertiary alicyclic amines) is 1. The summed E-state index contributed by atoms with van der Waals surface area (Å²) in [7, 11) is 0. The highest BCUT2D eigenvalue weighted by molar-refractivity contribution is 5.81. The first-order chi connectivity index (χ1) is 7.70. The fourth-order valence-corrected chi connectivity index (χ4v) is 2.58. The lowest BCUT2D eigenvalue weighted by molar-refractivity contribution is -0.141. The SMILES string of the molecule is CCCC[C@H](N)C(=O)N1CC2CCC(C1)O2. The Morgan fingerprint density at radius 2 is 2.06 bits per heavy atom. The number of fused-ring (bicyclic) bond motifs is 2. The first-order valence-electron chi connectivity index (χ1n) is 6.40. The summed E-state index contributed by atoms with van der Waals surface area (Å²) >= 11 is 0. The number of hydrogen-bond acceptors (Lipinski definition) is 3. The van der Waals surface area contributed by atoms with E-state index in [2.05, 4.69) is 6.92 Å². The topological polar surface area (TPSA) is 55.6 Å². The maximum Gasteiger partial charge on any atom is 0.239 e. The molecule has 2 fully saturated rings. The Labute approximate surface area is 97.1 Å². The Balaban J connectivity index is 1.85. The van der Waals surface area contributed by atoms with Gasteiger partial charge in [0.15, 0.2) is 0 Å². The molecule has 2 heterocycles. The van der Waals surface area contributed by atoms with Gasteiger partial charge in [0.1, 0.15) is 0 Å². The van der Waals surface area contributed by atoms with Crippen LogP contribution < -0.4 is 5.73 Å². The lowest BCUT2D eigenvalue weighted by Crippen LogP contribution is -2.51. The van der Waals surface area contributed by atoms with Crippen LogP contribution in [-0.2, 0) is 9.53 Å². The molecule has 0 aromatic rings. The van der Waals surface area contributed by atoms with Crippen LogP contribution in [0.25, 0.3) is 0 Å². The average Bonchev–Trinajstić information content (AvgIpc) is 2.64. The molecule has 0 radical (unpaired) electrons. The van der Waals surface area contributed by atoms with E-state index < -0.39 is 0 Å². The van der Waals surface area contributed by atoms with Gasteiger partial charge in [-0.2, -0.15) is 0 Å². The van der Waals surface area contributed by atoms with Crippen molar-refractivity contribution in [2.45, 2.75) is 57.3 Å². The molecule has 0 spiro atoms. The minimum atomic E-state index is -0.308. The predicted octanol–water partition coefficient (Wildman–Crippen LogP) is 0.894. The molecular formula is C12H22N2O2. The quantitative estimate of drug-likeness (QED) is 0.774. The van der Waals surface area contributed by atoms with Gasteiger partial charge in [0.25, 0.3) is 0 Å². The number of rotatable bonds is 4. The highest BCUT2D eigenvalue weighted by Crippen LogP contribution is 2.26. The second-order valence-corrected chi connectivity index (χ2v) is 4.95. The standard InChI is InChI=1S/C12H22N2O2/c1-2-3-4-11(13)12(15)14-7-9-5-6-10(8-14)16-9/h9-11H,2-8,13H2,1H3/t9?,10?,11-/m0/s1. The summed E-state index contributed by atoms with van der Waals surface area (Å²) in [6.07, 6.45) is 5.65. The van der Waals surface area contributed by atoms with Gasteiger partial charge in [-0.25, -0.2) is 0 Å². The number of amides is 1. The summed E-state index contributed by atoms with van der Waals surface area (Å²) in [6, 6.07) is -0.308. The molecule has 2 N–H and O–H groups in total. The van der Waals surface area contributed by atoms with Crippen LogP contribution in [0.1, 0.15) is 39.0 Å². The van der Waals surface area contributed by atoms with Crippen LogP contribution in [0.5, 0.6) is 0 Å². The number of carbonyl (C=O) groups is 1. The van der Waals surface area contributed by atoms with Crippen LogP contribution >= 0.6 is 0 Å². The van der Waals surface area contributed by atoms with Crippen LogP contribution in [-0.4, -0.2) is 42.1 Å². The summed E-state index contributed by atoms with van der Waals surface area (Å²) < 4.78 is 5.70. The molecule has 2 aliphatic heterocycles. The van der Waals surface area contributed by atoms with Crippen molar-refractivity contribution in [1.29, 1.82) is 0 Å². The largest absolute Gasteiger partial charge is 0.371 e. The molecule has 2 aliphatic rings. The van der Waals surface area contributed by atoms with Crippen LogP contribution in [0.15, 0.2) is 0 Å². The molecule has 0 saturated carbocycles. The zero-order chi connectivity index (χ0) is 11.5. The van der Waals surface area contributed by atoms with Crippen LogP contribution in [0.2, 0.25) is 0 Å². The summed E-state index contributed by atoms with van der Waals surface area (Å²) in [5, 5.41) is 0. The zero-order valence-corrected chi connectivity index (χ0v) is 10.0. The highest BCUT2D eigenvalue weighted by atomic mass is 16.5. The molecule has 1 amide bonds. The normalized spacial score (nSPS) is 30.5. The summed E-state index contributed by atoms with van der Waals surface area (Å²) in [5.74, 6) is 0.119. The van der Waals surface area contributed by atoms with E-state index in [1.165, 1.54) is 0 Å². The Kier molecular flexibility index (Phi) is 3.82. The van der Waals surface area contributed by atoms with Gasteiger partial charge >= 0.3 is 0 Å². The van der Waals surface area contributed by atoms with E-state index >= 15 is 0 Å². The second-order valence-electron chi connectivity index (χ2n) is 4.95. The van der Waals surface area contributed by atoms with E-state index in [1.807, 2.05) is 4.90 Å². The van der Waals surface area contributed by atoms with Crippen molar-refractivity contribution in [3.05, 3.63) is 0 Å². The van der Waals surface area contributed by atoms with E-state index in [0.717, 1.165) is 45.2 Å². The fraction of sp³-hybridized carbons (Fsp3) is 0.917. The summed E-state index contributed by atoms with van der Waals surface area (Å²) in [6.45, 7) is 3.61. The number of ether oxygens (including phenoxy) is 1. The Bertz CT molecular complexity index is 245. The van der Waals surface area contributed by atoms with Crippen LogP contribution in [0.4, 0.5) is 0 Å². The number of nitrogens with two attached hydrogens (primary N) is 1. The number of hydrogen-bond donors (Lipinski definition) is 1. The third-order valence-electron chi connectivity index (χ3n) is 3.54. The van der Waals surface area contributed by atoms with E-state index in [4.69, 9.17) is 10.5 Å². The van der Waals surface area contributed by atoms with Gasteiger partial charge < -0.3 is 15.4 Å². The van der Waals surface area contributed by atoms with Crippen molar-refractivity contribution in [1.82, 2.24) is 4.90 Å². The van der Waals surface area contributed by atoms with Gasteiger partial charge in [-0.1, -0.05) is 19.8 Å². The molecule has 4 heteroatoms. The molecule has 2 saturated heterocycles. The third kappa shape index (κ3) is 2.55. The predicted molar refractivity (Wildman–Crippen MR) is 62.0 cm³/mol. The van der Waals surface area contributed by atoms with Crippen LogP contribution in [0, 0.1) is 0 Å². The lowest BCUT2D eigenvalue weighted by Gasteiger charge is -2.33. The third-order valence-corrected chi connectivity index (χ3v) is 3.54. The fourth-order valence-electron chi connectivity index (χ4n) is 2.58. The number of unbranched alkanes of at least 4 members (excludes halogenated alkanes) is 1. The molecule has 2 bridgehead atoms. The first-order valence-corrected chi connectivity index (χ1v) is 6.40. The molecule has 0 aromatic carbocycles. The van der Waals surface area contributed by atoms with Gasteiger partial charge in [-0.15, -0.1) is 0 Å². The molecule has 2 rings (SSSR count). The minimum absolute atomic E-state index is 0.119. The van der Waals surface area contributed by atoms with Crippen molar-refractivity contribution >= 4 is 5.91 Å².